The highest BCUT2D eigenvalue weighted by Crippen LogP contribution is 2.11. The molecule has 0 radical (unpaired) electrons. The number of ether oxygens (including phenoxy) is 2. The number of rotatable bonds is 6. The van der Waals surface area contributed by atoms with Crippen LogP contribution >= 0.6 is 0 Å². The first-order chi connectivity index (χ1) is 8.96. The van der Waals surface area contributed by atoms with E-state index in [9.17, 15) is 13.2 Å². The van der Waals surface area contributed by atoms with E-state index in [1.165, 1.54) is 0 Å². The van der Waals surface area contributed by atoms with Gasteiger partial charge in [0.15, 0.2) is 9.84 Å². The summed E-state index contributed by atoms with van der Waals surface area (Å²) in [7, 11) is -2.40. The van der Waals surface area contributed by atoms with Gasteiger partial charge in [0, 0.05) is 0 Å². The van der Waals surface area contributed by atoms with Crippen LogP contribution in [0.25, 0.3) is 0 Å². The molecule has 0 amide bonds. The van der Waals surface area contributed by atoms with Crippen molar-refractivity contribution in [3.8, 4) is 11.8 Å². The highest BCUT2D eigenvalue weighted by molar-refractivity contribution is 7.92. The van der Waals surface area contributed by atoms with Crippen molar-refractivity contribution in [1.29, 1.82) is 5.26 Å². The maximum Gasteiger partial charge on any atom is 0.320 e. The molecular weight excluding hydrogens is 270 g/mol. The molecule has 0 aliphatic carbocycles. The van der Waals surface area contributed by atoms with Crippen molar-refractivity contribution >= 4 is 15.8 Å². The lowest BCUT2D eigenvalue weighted by Crippen LogP contribution is -2.23. The van der Waals surface area contributed by atoms with E-state index >= 15 is 0 Å². The van der Waals surface area contributed by atoms with Crippen LogP contribution in [0.4, 0.5) is 0 Å². The number of nitrogens with zero attached hydrogens (tertiary/aromatic N) is 1. The molecule has 0 bridgehead atoms. The topological polar surface area (TPSA) is 93.5 Å². The molecule has 0 saturated heterocycles. The summed E-state index contributed by atoms with van der Waals surface area (Å²) in [6.07, 6.45) is 0. The van der Waals surface area contributed by atoms with Gasteiger partial charge in [-0.25, -0.2) is 8.42 Å². The lowest BCUT2D eigenvalue weighted by molar-refractivity contribution is -0.137. The average molecular weight is 283 g/mol. The Morgan fingerprint density at radius 1 is 1.32 bits per heavy atom. The number of hydrogen-bond acceptors (Lipinski definition) is 6. The van der Waals surface area contributed by atoms with Gasteiger partial charge in [0.25, 0.3) is 0 Å². The number of methoxy groups -OCH3 is 1. The molecule has 102 valence electrons. The molecule has 0 atom stereocenters. The zero-order valence-electron chi connectivity index (χ0n) is 10.3. The van der Waals surface area contributed by atoms with Gasteiger partial charge in [-0.15, -0.1) is 0 Å². The molecule has 1 aromatic rings. The van der Waals surface area contributed by atoms with E-state index in [1.807, 2.05) is 6.07 Å². The van der Waals surface area contributed by atoms with Gasteiger partial charge in [0.1, 0.15) is 18.1 Å². The van der Waals surface area contributed by atoms with Crippen molar-refractivity contribution < 1.29 is 22.7 Å². The third kappa shape index (κ3) is 5.40. The summed E-state index contributed by atoms with van der Waals surface area (Å²) in [6, 6.07) is 8.24. The summed E-state index contributed by atoms with van der Waals surface area (Å²) in [4.78, 5) is 10.9. The minimum absolute atomic E-state index is 0.0643. The van der Waals surface area contributed by atoms with E-state index in [-0.39, 0.29) is 12.4 Å². The monoisotopic (exact) mass is 283 g/mol. The van der Waals surface area contributed by atoms with Crippen LogP contribution in [0.5, 0.6) is 5.75 Å². The maximum atomic E-state index is 11.5. The zero-order valence-corrected chi connectivity index (χ0v) is 11.1. The highest BCUT2D eigenvalue weighted by atomic mass is 32.2. The molecule has 0 aliphatic heterocycles. The van der Waals surface area contributed by atoms with Crippen LogP contribution in [0.15, 0.2) is 24.3 Å². The number of benzene rings is 1. The van der Waals surface area contributed by atoms with Gasteiger partial charge in [0.05, 0.1) is 24.5 Å². The van der Waals surface area contributed by atoms with Crippen molar-refractivity contribution in [2.45, 2.75) is 0 Å². The van der Waals surface area contributed by atoms with Crippen molar-refractivity contribution in [2.24, 2.45) is 0 Å². The summed E-state index contributed by atoms with van der Waals surface area (Å²) in [5.74, 6) is -1.26. The van der Waals surface area contributed by atoms with Crippen LogP contribution in [0, 0.1) is 11.3 Å². The number of carbonyl (C=O) groups excluding carboxylic acids is 1. The number of sulfone groups is 1. The molecule has 1 rings (SSSR count). The molecule has 0 heterocycles. The molecular formula is C12H13NO5S. The Labute approximate surface area is 111 Å². The molecule has 1 aromatic carbocycles. The number of carbonyl (C=O) groups is 1. The first kappa shape index (κ1) is 15.0. The molecule has 6 nitrogen and oxygen atoms in total. The fourth-order valence-corrected chi connectivity index (χ4v) is 2.18. The number of nitriles is 1. The Bertz CT molecular complexity index is 571. The smallest absolute Gasteiger partial charge is 0.320 e. The molecule has 19 heavy (non-hydrogen) atoms. The number of esters is 1. The summed E-state index contributed by atoms with van der Waals surface area (Å²) < 4.78 is 32.4. The summed E-state index contributed by atoms with van der Waals surface area (Å²) in [5, 5.41) is 8.60. The summed E-state index contributed by atoms with van der Waals surface area (Å²) >= 11 is 0. The minimum atomic E-state index is -3.53. The lowest BCUT2D eigenvalue weighted by Gasteiger charge is -2.06. The van der Waals surface area contributed by atoms with Gasteiger partial charge in [-0.2, -0.15) is 5.26 Å². The Balaban J connectivity index is 2.45. The van der Waals surface area contributed by atoms with Crippen LogP contribution in [-0.2, 0) is 19.4 Å². The molecule has 0 aromatic heterocycles. The predicted octanol–water partition coefficient (Wildman–Crippen LogP) is 0.525. The first-order valence-electron chi connectivity index (χ1n) is 5.37. The van der Waals surface area contributed by atoms with Crippen LogP contribution in [0.3, 0.4) is 0 Å². The van der Waals surface area contributed by atoms with Gasteiger partial charge < -0.3 is 9.47 Å². The molecule has 0 fully saturated rings. The molecule has 0 N–H and O–H groups in total. The van der Waals surface area contributed by atoms with Crippen molar-refractivity contribution in [3.05, 3.63) is 29.8 Å². The third-order valence-corrected chi connectivity index (χ3v) is 3.68. The minimum Gasteiger partial charge on any atom is -0.493 e. The van der Waals surface area contributed by atoms with E-state index in [2.05, 4.69) is 4.74 Å². The molecule has 0 saturated carbocycles. The van der Waals surface area contributed by atoms with Crippen LogP contribution in [0.2, 0.25) is 0 Å². The van der Waals surface area contributed by atoms with Gasteiger partial charge in [0.2, 0.25) is 0 Å². The van der Waals surface area contributed by atoms with Crippen molar-refractivity contribution in [1.82, 2.24) is 0 Å². The van der Waals surface area contributed by atoms with Gasteiger partial charge >= 0.3 is 5.97 Å². The summed E-state index contributed by atoms with van der Waals surface area (Å²) in [6.45, 7) is -0.0643. The molecule has 0 spiro atoms. The third-order valence-electron chi connectivity index (χ3n) is 2.21. The van der Waals surface area contributed by atoms with E-state index in [0.717, 1.165) is 7.11 Å². The normalized spacial score (nSPS) is 10.5. The van der Waals surface area contributed by atoms with Crippen molar-refractivity contribution in [2.75, 3.05) is 25.2 Å². The second kappa shape index (κ2) is 6.75. The van der Waals surface area contributed by atoms with E-state index in [4.69, 9.17) is 10.00 Å². The Hall–Kier alpha value is -2.07. The van der Waals surface area contributed by atoms with Gasteiger partial charge in [-0.3, -0.25) is 4.79 Å². The van der Waals surface area contributed by atoms with Gasteiger partial charge in [-0.1, -0.05) is 0 Å². The lowest BCUT2D eigenvalue weighted by atomic mass is 10.2. The van der Waals surface area contributed by atoms with E-state index < -0.39 is 21.6 Å². The first-order valence-corrected chi connectivity index (χ1v) is 7.19. The second-order valence-corrected chi connectivity index (χ2v) is 5.84. The fraction of sp³-hybridized carbons (Fsp3) is 0.333. The van der Waals surface area contributed by atoms with Crippen LogP contribution in [0.1, 0.15) is 5.56 Å². The average Bonchev–Trinajstić information content (AvgIpc) is 2.38. The maximum absolute atomic E-state index is 11.5. The van der Waals surface area contributed by atoms with Crippen LogP contribution in [-0.4, -0.2) is 39.6 Å². The largest absolute Gasteiger partial charge is 0.493 e. The highest BCUT2D eigenvalue weighted by Gasteiger charge is 2.17. The SMILES string of the molecule is COC(=O)CS(=O)(=O)CCOc1ccc(C#N)cc1. The molecule has 0 aliphatic rings. The molecule has 7 heteroatoms. The zero-order chi connectivity index (χ0) is 14.3. The van der Waals surface area contributed by atoms with E-state index in [0.29, 0.717) is 11.3 Å². The summed E-state index contributed by atoms with van der Waals surface area (Å²) in [5.41, 5.74) is 0.491. The standard InChI is InChI=1S/C12H13NO5S/c1-17-12(14)9-19(15,16)7-6-18-11-4-2-10(8-13)3-5-11/h2-5H,6-7,9H2,1H3. The predicted molar refractivity (Wildman–Crippen MR) is 67.3 cm³/mol. The van der Waals surface area contributed by atoms with Crippen molar-refractivity contribution in [3.63, 3.8) is 0 Å². The van der Waals surface area contributed by atoms with Crippen LogP contribution < -0.4 is 4.74 Å². The fourth-order valence-electron chi connectivity index (χ4n) is 1.22. The number of hydrogen-bond donors (Lipinski definition) is 0. The molecule has 0 unspecified atom stereocenters. The van der Waals surface area contributed by atoms with E-state index in [1.54, 1.807) is 24.3 Å². The quantitative estimate of drug-likeness (QED) is 0.707. The Morgan fingerprint density at radius 3 is 2.47 bits per heavy atom. The van der Waals surface area contributed by atoms with Gasteiger partial charge in [-0.05, 0) is 24.3 Å². The Morgan fingerprint density at radius 2 is 1.95 bits per heavy atom. The Kier molecular flexibility index (Phi) is 5.33. The second-order valence-electron chi connectivity index (χ2n) is 3.65.